The monoisotopic (exact) mass is 1120 g/mol. The lowest BCUT2D eigenvalue weighted by molar-refractivity contribution is 0.434. The topological polar surface area (TPSA) is 12.5 Å². The molecule has 16 rings (SSSR count). The Morgan fingerprint density at radius 2 is 0.628 bits per heavy atom. The van der Waals surface area contributed by atoms with Gasteiger partial charge in [-0.25, -0.2) is 0 Å². The zero-order valence-corrected chi connectivity index (χ0v) is 50.2. The first-order chi connectivity index (χ1) is 41.9. The van der Waals surface area contributed by atoms with Crippen molar-refractivity contribution in [2.45, 2.75) is 78.4 Å². The van der Waals surface area contributed by atoms with Crippen molar-refractivity contribution in [1.82, 2.24) is 0 Å². The summed E-state index contributed by atoms with van der Waals surface area (Å²) in [5, 5.41) is 0. The van der Waals surface area contributed by atoms with Crippen LogP contribution in [-0.2, 0) is 27.1 Å². The van der Waals surface area contributed by atoms with Gasteiger partial charge in [0.1, 0.15) is 11.5 Å². The maximum absolute atomic E-state index is 7.13. The van der Waals surface area contributed by atoms with Gasteiger partial charge >= 0.3 is 0 Å². The SMILES string of the molecule is CC(C)(C)c1ccc2c(c1)C1(c3cc(C(C)(C)C)ccc3S2)c2ccccc2-c2ccc(N(c3ccc4c(c3)C(c3ccccc3)(c3ccccc3)c3ccccc3O4)c3ccc4c(c3)C(c3ccccc3)(c3ccccc3)c3ccccc3-4)cc21. The van der Waals surface area contributed by atoms with Gasteiger partial charge in [0.05, 0.1) is 16.2 Å². The van der Waals surface area contributed by atoms with Crippen LogP contribution in [0.3, 0.4) is 0 Å². The predicted octanol–water partition coefficient (Wildman–Crippen LogP) is 21.4. The normalized spacial score (nSPS) is 15.0. The van der Waals surface area contributed by atoms with Gasteiger partial charge in [0.2, 0.25) is 0 Å². The first kappa shape index (κ1) is 52.2. The van der Waals surface area contributed by atoms with E-state index in [1.165, 1.54) is 98.8 Å². The summed E-state index contributed by atoms with van der Waals surface area (Å²) in [5.74, 6) is 1.69. The first-order valence-electron chi connectivity index (χ1n) is 30.3. The van der Waals surface area contributed by atoms with Crippen LogP contribution in [0.4, 0.5) is 17.1 Å². The summed E-state index contributed by atoms with van der Waals surface area (Å²) < 4.78 is 7.13. The van der Waals surface area contributed by atoms with Gasteiger partial charge in [-0.15, -0.1) is 0 Å². The Morgan fingerprint density at radius 1 is 0.279 bits per heavy atom. The molecule has 0 aromatic heterocycles. The van der Waals surface area contributed by atoms with Crippen molar-refractivity contribution >= 4 is 28.8 Å². The van der Waals surface area contributed by atoms with Gasteiger partial charge in [-0.1, -0.05) is 278 Å². The Labute approximate surface area is 510 Å². The number of benzene rings is 12. The van der Waals surface area contributed by atoms with Gasteiger partial charge in [0.15, 0.2) is 0 Å². The molecule has 0 bridgehead atoms. The summed E-state index contributed by atoms with van der Waals surface area (Å²) in [6.45, 7) is 14.1. The highest BCUT2D eigenvalue weighted by atomic mass is 32.2. The lowest BCUT2D eigenvalue weighted by Crippen LogP contribution is -2.34. The fourth-order valence-corrected chi connectivity index (χ4v) is 16.5. The highest BCUT2D eigenvalue weighted by Gasteiger charge is 2.52. The summed E-state index contributed by atoms with van der Waals surface area (Å²) in [6, 6.07) is 108. The summed E-state index contributed by atoms with van der Waals surface area (Å²) >= 11 is 1.92. The van der Waals surface area contributed by atoms with Crippen molar-refractivity contribution < 1.29 is 4.74 Å². The fraction of sp³-hybridized carbons (Fsp3) is 0.133. The molecule has 0 radical (unpaired) electrons. The number of anilines is 3. The number of rotatable bonds is 7. The van der Waals surface area contributed by atoms with Gasteiger partial charge in [-0.2, -0.15) is 0 Å². The van der Waals surface area contributed by atoms with Crippen molar-refractivity contribution in [3.8, 4) is 33.8 Å². The molecule has 86 heavy (non-hydrogen) atoms. The molecule has 0 saturated heterocycles. The van der Waals surface area contributed by atoms with Gasteiger partial charge in [0.25, 0.3) is 0 Å². The zero-order chi connectivity index (χ0) is 58.2. The van der Waals surface area contributed by atoms with Gasteiger partial charge in [-0.3, -0.25) is 0 Å². The summed E-state index contributed by atoms with van der Waals surface area (Å²) in [5.41, 5.74) is 23.5. The lowest BCUT2D eigenvalue weighted by atomic mass is 9.63. The van der Waals surface area contributed by atoms with Crippen molar-refractivity contribution in [3.63, 3.8) is 0 Å². The second-order valence-electron chi connectivity index (χ2n) is 25.9. The Hall–Kier alpha value is -9.41. The van der Waals surface area contributed by atoms with E-state index in [2.05, 4.69) is 332 Å². The smallest absolute Gasteiger partial charge is 0.132 e. The van der Waals surface area contributed by atoms with Crippen molar-refractivity contribution in [2.75, 3.05) is 4.90 Å². The largest absolute Gasteiger partial charge is 0.457 e. The third-order valence-electron chi connectivity index (χ3n) is 19.3. The quantitative estimate of drug-likeness (QED) is 0.158. The van der Waals surface area contributed by atoms with E-state index in [-0.39, 0.29) is 10.8 Å². The molecule has 0 amide bonds. The van der Waals surface area contributed by atoms with Crippen LogP contribution in [0.15, 0.2) is 295 Å². The number of para-hydroxylation sites is 1. The molecule has 1 spiro atoms. The number of nitrogens with zero attached hydrogens (tertiary/aromatic N) is 1. The van der Waals surface area contributed by atoms with E-state index in [4.69, 9.17) is 4.74 Å². The minimum atomic E-state index is -0.740. The molecule has 0 atom stereocenters. The van der Waals surface area contributed by atoms with Crippen LogP contribution in [0.1, 0.15) is 119 Å². The molecule has 0 N–H and O–H groups in total. The maximum atomic E-state index is 7.13. The minimum Gasteiger partial charge on any atom is -0.457 e. The lowest BCUT2D eigenvalue weighted by Gasteiger charge is -2.42. The molecule has 3 heteroatoms. The minimum absolute atomic E-state index is 0.0820. The molecule has 0 fully saturated rings. The Balaban J connectivity index is 1.02. The highest BCUT2D eigenvalue weighted by molar-refractivity contribution is 7.99. The van der Waals surface area contributed by atoms with E-state index < -0.39 is 16.2 Å². The van der Waals surface area contributed by atoms with Crippen LogP contribution >= 0.6 is 11.8 Å². The second-order valence-corrected chi connectivity index (χ2v) is 27.0. The number of fused-ring (bicyclic) bond motifs is 14. The van der Waals surface area contributed by atoms with E-state index in [0.29, 0.717) is 0 Å². The standard InChI is InChI=1S/C83H65NOS/c1-79(2,3)58-39-47-77-73(49-58)83(74-50-59(80(4,5)6)40-48-78(74)86-77)68-36-22-20-34-64(68)66-45-42-61(52-71(66)83)84(60-41-44-65-63-33-19-21-35-67(63)81(70(65)51-60,54-25-11-7-12-26-54)55-27-13-8-14-28-55)62-43-46-76-72(53-62)82(56-29-15-9-16-30-56,57-31-17-10-18-32-57)69-37-23-24-38-75(69)85-76/h7-53H,1-6H3. The van der Waals surface area contributed by atoms with Crippen LogP contribution in [0.25, 0.3) is 22.3 Å². The van der Waals surface area contributed by atoms with Crippen molar-refractivity contribution in [3.05, 3.63) is 363 Å². The molecule has 0 saturated carbocycles. The maximum Gasteiger partial charge on any atom is 0.132 e. The first-order valence-corrected chi connectivity index (χ1v) is 31.1. The molecular weight excluding hydrogens is 1060 g/mol. The molecule has 2 heterocycles. The molecule has 414 valence electrons. The van der Waals surface area contributed by atoms with Crippen molar-refractivity contribution in [2.24, 2.45) is 0 Å². The van der Waals surface area contributed by atoms with Crippen molar-refractivity contribution in [1.29, 1.82) is 0 Å². The number of hydrogen-bond donors (Lipinski definition) is 0. The summed E-state index contributed by atoms with van der Waals surface area (Å²) in [7, 11) is 0. The van der Waals surface area contributed by atoms with Crippen LogP contribution in [-0.4, -0.2) is 0 Å². The second kappa shape index (κ2) is 19.3. The van der Waals surface area contributed by atoms with Gasteiger partial charge < -0.3 is 9.64 Å². The molecular formula is C83H65NOS. The average molecular weight is 1120 g/mol. The molecule has 12 aromatic carbocycles. The van der Waals surface area contributed by atoms with E-state index in [9.17, 15) is 0 Å². The van der Waals surface area contributed by atoms with E-state index >= 15 is 0 Å². The van der Waals surface area contributed by atoms with Crippen LogP contribution in [0.5, 0.6) is 11.5 Å². The highest BCUT2D eigenvalue weighted by Crippen LogP contribution is 2.65. The molecule has 2 aliphatic heterocycles. The fourth-order valence-electron chi connectivity index (χ4n) is 15.4. The van der Waals surface area contributed by atoms with E-state index in [1.807, 2.05) is 11.8 Å². The van der Waals surface area contributed by atoms with Crippen LogP contribution in [0.2, 0.25) is 0 Å². The number of ether oxygens (including phenoxy) is 1. The van der Waals surface area contributed by atoms with E-state index in [0.717, 1.165) is 39.7 Å². The third kappa shape index (κ3) is 7.47. The zero-order valence-electron chi connectivity index (χ0n) is 49.4. The van der Waals surface area contributed by atoms with E-state index in [1.54, 1.807) is 0 Å². The molecule has 0 unspecified atom stereocenters. The molecule has 4 aliphatic rings. The average Bonchev–Trinajstić information content (AvgIpc) is 1.41. The third-order valence-corrected chi connectivity index (χ3v) is 20.4. The molecule has 2 nitrogen and oxygen atoms in total. The number of hydrogen-bond acceptors (Lipinski definition) is 3. The van der Waals surface area contributed by atoms with Gasteiger partial charge in [0, 0.05) is 38.0 Å². The predicted molar refractivity (Wildman–Crippen MR) is 356 cm³/mol. The summed E-state index contributed by atoms with van der Waals surface area (Å²) in [4.78, 5) is 5.14. The van der Waals surface area contributed by atoms with Crippen LogP contribution in [0, 0.1) is 0 Å². The molecule has 2 aliphatic carbocycles. The molecule has 12 aromatic rings. The van der Waals surface area contributed by atoms with Gasteiger partial charge in [-0.05, 0) is 161 Å². The Bertz CT molecular complexity index is 4520. The Kier molecular flexibility index (Phi) is 11.7. The Morgan fingerprint density at radius 3 is 1.09 bits per heavy atom. The summed E-state index contributed by atoms with van der Waals surface area (Å²) in [6.07, 6.45) is 0. The van der Waals surface area contributed by atoms with Crippen LogP contribution < -0.4 is 9.64 Å².